The van der Waals surface area contributed by atoms with Gasteiger partial charge in [-0.25, -0.2) is 9.78 Å². The number of rotatable bonds is 5. The lowest BCUT2D eigenvalue weighted by Gasteiger charge is -2.21. The standard InChI is InChI=1S/C19H19N3O4/c1-13-16(21-17(26-13)14-7-3-2-4-8-14)18(24)25-11-15(23)22-19(12-20)9-5-6-10-19/h2-4,7-8H,5-6,9-11H2,1H3,(H,22,23). The molecule has 1 amide bonds. The third-order valence-electron chi connectivity index (χ3n) is 4.39. The number of carbonyl (C=O) groups excluding carboxylic acids is 2. The van der Waals surface area contributed by atoms with Crippen molar-refractivity contribution in [3.05, 3.63) is 41.8 Å². The molecule has 1 heterocycles. The van der Waals surface area contributed by atoms with Crippen molar-refractivity contribution in [2.45, 2.75) is 38.1 Å². The highest BCUT2D eigenvalue weighted by Crippen LogP contribution is 2.28. The van der Waals surface area contributed by atoms with E-state index in [-0.39, 0.29) is 5.69 Å². The van der Waals surface area contributed by atoms with Crippen molar-refractivity contribution in [1.29, 1.82) is 5.26 Å². The Morgan fingerprint density at radius 3 is 2.65 bits per heavy atom. The smallest absolute Gasteiger partial charge is 0.361 e. The molecule has 0 atom stereocenters. The zero-order chi connectivity index (χ0) is 18.6. The summed E-state index contributed by atoms with van der Waals surface area (Å²) in [5, 5.41) is 11.9. The van der Waals surface area contributed by atoms with Crippen molar-refractivity contribution in [1.82, 2.24) is 10.3 Å². The van der Waals surface area contributed by atoms with Crippen molar-refractivity contribution in [3.8, 4) is 17.5 Å². The first-order valence-corrected chi connectivity index (χ1v) is 8.45. The number of nitrogens with one attached hydrogen (secondary N) is 1. The Labute approximate surface area is 151 Å². The molecule has 0 aliphatic heterocycles. The van der Waals surface area contributed by atoms with Crippen LogP contribution in [0, 0.1) is 18.3 Å². The van der Waals surface area contributed by atoms with Crippen LogP contribution in [0.15, 0.2) is 34.7 Å². The first-order chi connectivity index (χ1) is 12.5. The van der Waals surface area contributed by atoms with E-state index in [1.54, 1.807) is 6.92 Å². The maximum absolute atomic E-state index is 12.2. The maximum atomic E-state index is 12.2. The molecular weight excluding hydrogens is 334 g/mol. The van der Waals surface area contributed by atoms with E-state index in [1.165, 1.54) is 0 Å². The average molecular weight is 353 g/mol. The number of oxazole rings is 1. The van der Waals surface area contributed by atoms with Gasteiger partial charge in [-0.3, -0.25) is 4.79 Å². The number of ether oxygens (including phenoxy) is 1. The van der Waals surface area contributed by atoms with Crippen molar-refractivity contribution in [2.24, 2.45) is 0 Å². The molecule has 7 heteroatoms. The molecule has 7 nitrogen and oxygen atoms in total. The van der Waals surface area contributed by atoms with Crippen LogP contribution in [0.4, 0.5) is 0 Å². The molecule has 0 spiro atoms. The van der Waals surface area contributed by atoms with Crippen LogP contribution in [0.3, 0.4) is 0 Å². The van der Waals surface area contributed by atoms with Gasteiger partial charge in [0.05, 0.1) is 6.07 Å². The molecule has 134 valence electrons. The van der Waals surface area contributed by atoms with E-state index in [0.29, 0.717) is 24.5 Å². The minimum atomic E-state index is -0.840. The number of nitriles is 1. The minimum absolute atomic E-state index is 0.0347. The van der Waals surface area contributed by atoms with E-state index in [2.05, 4.69) is 16.4 Å². The molecule has 0 saturated heterocycles. The van der Waals surface area contributed by atoms with Gasteiger partial charge in [0.25, 0.3) is 5.91 Å². The van der Waals surface area contributed by atoms with Crippen molar-refractivity contribution >= 4 is 11.9 Å². The van der Waals surface area contributed by atoms with Gasteiger partial charge in [0, 0.05) is 5.56 Å². The number of benzene rings is 1. The molecule has 26 heavy (non-hydrogen) atoms. The summed E-state index contributed by atoms with van der Waals surface area (Å²) >= 11 is 0. The largest absolute Gasteiger partial charge is 0.451 e. The summed E-state index contributed by atoms with van der Waals surface area (Å²) in [4.78, 5) is 28.4. The zero-order valence-corrected chi connectivity index (χ0v) is 14.4. The Hall–Kier alpha value is -3.14. The van der Waals surface area contributed by atoms with E-state index in [9.17, 15) is 14.9 Å². The fourth-order valence-corrected chi connectivity index (χ4v) is 3.04. The Bertz CT molecular complexity index is 845. The molecule has 1 aliphatic rings. The van der Waals surface area contributed by atoms with Crippen LogP contribution in [0.25, 0.3) is 11.5 Å². The van der Waals surface area contributed by atoms with Crippen LogP contribution in [-0.4, -0.2) is 29.0 Å². The Balaban J connectivity index is 1.61. The second-order valence-electron chi connectivity index (χ2n) is 6.32. The van der Waals surface area contributed by atoms with Gasteiger partial charge < -0.3 is 14.5 Å². The summed E-state index contributed by atoms with van der Waals surface area (Å²) in [5.41, 5.74) is -0.0644. The average Bonchev–Trinajstić information content (AvgIpc) is 3.28. The lowest BCUT2D eigenvalue weighted by molar-refractivity contribution is -0.125. The summed E-state index contributed by atoms with van der Waals surface area (Å²) in [5.74, 6) is -0.598. The maximum Gasteiger partial charge on any atom is 0.361 e. The van der Waals surface area contributed by atoms with E-state index in [4.69, 9.17) is 9.15 Å². The number of amides is 1. The molecule has 3 rings (SSSR count). The fraction of sp³-hybridized carbons (Fsp3) is 0.368. The van der Waals surface area contributed by atoms with Crippen LogP contribution in [-0.2, 0) is 9.53 Å². The van der Waals surface area contributed by atoms with Gasteiger partial charge in [-0.1, -0.05) is 18.2 Å². The van der Waals surface area contributed by atoms with Crippen molar-refractivity contribution in [2.75, 3.05) is 6.61 Å². The summed E-state index contributed by atoms with van der Waals surface area (Å²) in [6, 6.07) is 11.3. The molecule has 1 aromatic heterocycles. The van der Waals surface area contributed by atoms with Crippen LogP contribution < -0.4 is 5.32 Å². The normalized spacial score (nSPS) is 15.2. The van der Waals surface area contributed by atoms with Crippen LogP contribution in [0.1, 0.15) is 41.9 Å². The van der Waals surface area contributed by atoms with E-state index >= 15 is 0 Å². The molecule has 0 unspecified atom stereocenters. The monoisotopic (exact) mass is 353 g/mol. The Kier molecular flexibility index (Phi) is 5.03. The molecule has 1 N–H and O–H groups in total. The molecule has 0 bridgehead atoms. The van der Waals surface area contributed by atoms with Gasteiger partial charge in [0.15, 0.2) is 12.3 Å². The summed E-state index contributed by atoms with van der Waals surface area (Å²) < 4.78 is 10.6. The fourth-order valence-electron chi connectivity index (χ4n) is 3.04. The van der Waals surface area contributed by atoms with E-state index in [0.717, 1.165) is 18.4 Å². The van der Waals surface area contributed by atoms with Gasteiger partial charge in [-0.15, -0.1) is 0 Å². The topological polar surface area (TPSA) is 105 Å². The third kappa shape index (κ3) is 3.75. The van der Waals surface area contributed by atoms with Crippen LogP contribution in [0.5, 0.6) is 0 Å². The third-order valence-corrected chi connectivity index (χ3v) is 4.39. The number of aromatic nitrogens is 1. The predicted octanol–water partition coefficient (Wildman–Crippen LogP) is 2.76. The Morgan fingerprint density at radius 1 is 1.31 bits per heavy atom. The summed E-state index contributed by atoms with van der Waals surface area (Å²) in [6.07, 6.45) is 3.03. The van der Waals surface area contributed by atoms with E-state index in [1.807, 2.05) is 30.3 Å². The van der Waals surface area contributed by atoms with E-state index < -0.39 is 24.0 Å². The van der Waals surface area contributed by atoms with Crippen LogP contribution in [0.2, 0.25) is 0 Å². The second-order valence-corrected chi connectivity index (χ2v) is 6.32. The zero-order valence-electron chi connectivity index (χ0n) is 14.4. The number of carbonyl (C=O) groups is 2. The number of hydrogen-bond acceptors (Lipinski definition) is 6. The Morgan fingerprint density at radius 2 is 2.00 bits per heavy atom. The molecule has 0 radical (unpaired) electrons. The molecular formula is C19H19N3O4. The molecule has 1 aromatic carbocycles. The minimum Gasteiger partial charge on any atom is -0.451 e. The first-order valence-electron chi connectivity index (χ1n) is 8.45. The van der Waals surface area contributed by atoms with Gasteiger partial charge >= 0.3 is 5.97 Å². The first kappa shape index (κ1) is 17.7. The number of aryl methyl sites for hydroxylation is 1. The van der Waals surface area contributed by atoms with Crippen molar-refractivity contribution < 1.29 is 18.7 Å². The summed E-state index contributed by atoms with van der Waals surface area (Å²) in [6.45, 7) is 1.15. The van der Waals surface area contributed by atoms with Gasteiger partial charge in [-0.05, 0) is 44.7 Å². The number of nitrogens with zero attached hydrogens (tertiary/aromatic N) is 2. The highest BCUT2D eigenvalue weighted by atomic mass is 16.5. The highest BCUT2D eigenvalue weighted by molar-refractivity contribution is 5.91. The SMILES string of the molecule is Cc1oc(-c2ccccc2)nc1C(=O)OCC(=O)NC1(C#N)CCCC1. The molecule has 1 saturated carbocycles. The number of hydrogen-bond donors (Lipinski definition) is 1. The lowest BCUT2D eigenvalue weighted by Crippen LogP contribution is -2.46. The molecule has 2 aromatic rings. The van der Waals surface area contributed by atoms with Gasteiger partial charge in [0.1, 0.15) is 11.3 Å². The molecule has 1 aliphatic carbocycles. The van der Waals surface area contributed by atoms with Crippen LogP contribution >= 0.6 is 0 Å². The highest BCUT2D eigenvalue weighted by Gasteiger charge is 2.35. The quantitative estimate of drug-likeness (QED) is 0.829. The molecule has 1 fully saturated rings. The second kappa shape index (κ2) is 7.40. The predicted molar refractivity (Wildman–Crippen MR) is 91.9 cm³/mol. The lowest BCUT2D eigenvalue weighted by atomic mass is 10.00. The van der Waals surface area contributed by atoms with Crippen molar-refractivity contribution in [3.63, 3.8) is 0 Å². The summed E-state index contributed by atoms with van der Waals surface area (Å²) in [7, 11) is 0. The van der Waals surface area contributed by atoms with Gasteiger partial charge in [-0.2, -0.15) is 5.26 Å². The van der Waals surface area contributed by atoms with Gasteiger partial charge in [0.2, 0.25) is 5.89 Å². The number of esters is 1.